The number of rotatable bonds is 9. The van der Waals surface area contributed by atoms with Crippen LogP contribution in [0.25, 0.3) is 54.9 Å². The molecule has 0 aliphatic rings. The van der Waals surface area contributed by atoms with Crippen LogP contribution in [0, 0.1) is 0 Å². The van der Waals surface area contributed by atoms with Gasteiger partial charge in [-0.15, -0.1) is 0 Å². The molecule has 198 valence electrons. The molecule has 0 aliphatic carbocycles. The summed E-state index contributed by atoms with van der Waals surface area (Å²) in [4.78, 5) is 0. The van der Waals surface area contributed by atoms with Gasteiger partial charge in [-0.05, 0) is 110 Å². The first-order valence-electron chi connectivity index (χ1n) is 15.0. The zero-order chi connectivity index (χ0) is 27.3. The summed E-state index contributed by atoms with van der Waals surface area (Å²) in [6.07, 6.45) is 7.27. The van der Waals surface area contributed by atoms with Gasteiger partial charge in [-0.1, -0.05) is 130 Å². The second-order valence-electron chi connectivity index (χ2n) is 11.1. The molecule has 6 aromatic rings. The highest BCUT2D eigenvalue weighted by Gasteiger charge is 2.12. The van der Waals surface area contributed by atoms with Gasteiger partial charge in [0.05, 0.1) is 0 Å². The van der Waals surface area contributed by atoms with E-state index in [1.165, 1.54) is 91.7 Å². The summed E-state index contributed by atoms with van der Waals surface area (Å²) in [5.74, 6) is 0. The monoisotopic (exact) mass is 518 g/mol. The molecule has 0 heterocycles. The molecule has 0 nitrogen and oxygen atoms in total. The molecular weight excluding hydrogens is 480 g/mol. The van der Waals surface area contributed by atoms with Crippen molar-refractivity contribution in [2.45, 2.75) is 52.4 Å². The van der Waals surface area contributed by atoms with E-state index in [1.54, 1.807) is 0 Å². The highest BCUT2D eigenvalue weighted by Crippen LogP contribution is 2.39. The summed E-state index contributed by atoms with van der Waals surface area (Å²) >= 11 is 0. The Balaban J connectivity index is 1.46. The van der Waals surface area contributed by atoms with Crippen molar-refractivity contribution >= 4 is 21.5 Å². The van der Waals surface area contributed by atoms with Crippen LogP contribution in [0.3, 0.4) is 0 Å². The molecule has 0 fully saturated rings. The van der Waals surface area contributed by atoms with E-state index in [9.17, 15) is 0 Å². The van der Waals surface area contributed by atoms with Crippen LogP contribution >= 0.6 is 0 Å². The lowest BCUT2D eigenvalue weighted by molar-refractivity contribution is 0.795. The Hall–Kier alpha value is -4.16. The lowest BCUT2D eigenvalue weighted by Crippen LogP contribution is -1.89. The van der Waals surface area contributed by atoms with E-state index in [-0.39, 0.29) is 0 Å². The van der Waals surface area contributed by atoms with Crippen LogP contribution < -0.4 is 0 Å². The van der Waals surface area contributed by atoms with Crippen molar-refractivity contribution in [2.24, 2.45) is 0 Å². The Kier molecular flexibility index (Phi) is 7.78. The molecule has 0 atom stereocenters. The molecule has 40 heavy (non-hydrogen) atoms. The predicted octanol–water partition coefficient (Wildman–Crippen LogP) is 11.7. The van der Waals surface area contributed by atoms with Gasteiger partial charge in [-0.2, -0.15) is 0 Å². The van der Waals surface area contributed by atoms with Crippen LogP contribution in [0.2, 0.25) is 0 Å². The molecule has 0 radical (unpaired) electrons. The molecular formula is C40H38. The summed E-state index contributed by atoms with van der Waals surface area (Å²) in [6.45, 7) is 4.51. The van der Waals surface area contributed by atoms with E-state index in [2.05, 4.69) is 135 Å². The zero-order valence-corrected chi connectivity index (χ0v) is 23.8. The minimum Gasteiger partial charge on any atom is -0.0654 e. The maximum Gasteiger partial charge on any atom is -0.00268 e. The largest absolute Gasteiger partial charge is 0.0654 e. The van der Waals surface area contributed by atoms with E-state index in [1.807, 2.05) is 0 Å². The van der Waals surface area contributed by atoms with E-state index in [0.29, 0.717) is 0 Å². The van der Waals surface area contributed by atoms with Crippen molar-refractivity contribution < 1.29 is 0 Å². The predicted molar refractivity (Wildman–Crippen MR) is 175 cm³/mol. The van der Waals surface area contributed by atoms with Gasteiger partial charge >= 0.3 is 0 Å². The van der Waals surface area contributed by atoms with Gasteiger partial charge < -0.3 is 0 Å². The number of aryl methyl sites for hydroxylation is 2. The van der Waals surface area contributed by atoms with Crippen molar-refractivity contribution in [1.29, 1.82) is 0 Å². The SMILES string of the molecule is CCCCc1ccc(-c2ccc3c(-c4ccccc4)c4ccc(-c5ccc(CCCC)cc5)cc4cc3c2)cc1. The first kappa shape index (κ1) is 26.1. The quantitative estimate of drug-likeness (QED) is 0.167. The number of hydrogen-bond acceptors (Lipinski definition) is 0. The molecule has 0 saturated carbocycles. The van der Waals surface area contributed by atoms with Crippen LogP contribution in [0.4, 0.5) is 0 Å². The Morgan fingerprint density at radius 3 is 1.30 bits per heavy atom. The highest BCUT2D eigenvalue weighted by molar-refractivity contribution is 6.14. The molecule has 0 aromatic heterocycles. The second kappa shape index (κ2) is 11.9. The standard InChI is InChI=1S/C40H38/c1-3-5-10-29-14-18-31(19-15-29)34-22-24-38-36(26-34)28-37-27-35(32-20-16-30(17-21-32)11-6-4-2)23-25-39(37)40(38)33-12-8-7-9-13-33/h7-9,12-28H,3-6,10-11H2,1-2H3. The average molecular weight is 519 g/mol. The molecule has 0 bridgehead atoms. The third-order valence-corrected chi connectivity index (χ3v) is 8.23. The third-order valence-electron chi connectivity index (χ3n) is 8.23. The van der Waals surface area contributed by atoms with Gasteiger partial charge in [-0.25, -0.2) is 0 Å². The van der Waals surface area contributed by atoms with Crippen LogP contribution in [-0.2, 0) is 12.8 Å². The first-order valence-corrected chi connectivity index (χ1v) is 15.0. The van der Waals surface area contributed by atoms with Gasteiger partial charge in [0.25, 0.3) is 0 Å². The van der Waals surface area contributed by atoms with Crippen molar-refractivity contribution in [3.8, 4) is 33.4 Å². The van der Waals surface area contributed by atoms with E-state index < -0.39 is 0 Å². The number of fused-ring (bicyclic) bond motifs is 2. The lowest BCUT2D eigenvalue weighted by Gasteiger charge is -2.15. The highest BCUT2D eigenvalue weighted by atomic mass is 14.2. The summed E-state index contributed by atoms with van der Waals surface area (Å²) in [6, 6.07) is 45.5. The van der Waals surface area contributed by atoms with Crippen molar-refractivity contribution in [2.75, 3.05) is 0 Å². The molecule has 0 N–H and O–H groups in total. The third kappa shape index (κ3) is 5.45. The molecule has 6 aromatic carbocycles. The fourth-order valence-electron chi connectivity index (χ4n) is 5.90. The van der Waals surface area contributed by atoms with Crippen LogP contribution in [0.15, 0.2) is 121 Å². The van der Waals surface area contributed by atoms with Gasteiger partial charge in [0.2, 0.25) is 0 Å². The Labute approximate surface area is 239 Å². The normalized spacial score (nSPS) is 11.3. The van der Waals surface area contributed by atoms with Gasteiger partial charge in [0.1, 0.15) is 0 Å². The van der Waals surface area contributed by atoms with Crippen LogP contribution in [-0.4, -0.2) is 0 Å². The van der Waals surface area contributed by atoms with Crippen molar-refractivity contribution in [3.63, 3.8) is 0 Å². The maximum atomic E-state index is 2.38. The van der Waals surface area contributed by atoms with Crippen molar-refractivity contribution in [1.82, 2.24) is 0 Å². The molecule has 0 unspecified atom stereocenters. The summed E-state index contributed by atoms with van der Waals surface area (Å²) < 4.78 is 0. The number of unbranched alkanes of at least 4 members (excludes halogenated alkanes) is 2. The maximum absolute atomic E-state index is 2.38. The minimum absolute atomic E-state index is 1.16. The summed E-state index contributed by atoms with van der Waals surface area (Å²) in [5.41, 5.74) is 10.5. The first-order chi connectivity index (χ1) is 19.7. The Bertz CT molecular complexity index is 1610. The lowest BCUT2D eigenvalue weighted by atomic mass is 9.89. The van der Waals surface area contributed by atoms with Gasteiger partial charge in [0, 0.05) is 0 Å². The van der Waals surface area contributed by atoms with Gasteiger partial charge in [-0.3, -0.25) is 0 Å². The zero-order valence-electron chi connectivity index (χ0n) is 23.8. The van der Waals surface area contributed by atoms with Crippen LogP contribution in [0.5, 0.6) is 0 Å². The van der Waals surface area contributed by atoms with E-state index >= 15 is 0 Å². The Morgan fingerprint density at radius 2 is 0.850 bits per heavy atom. The topological polar surface area (TPSA) is 0 Å². The molecule has 0 heteroatoms. The van der Waals surface area contributed by atoms with Crippen LogP contribution in [0.1, 0.15) is 50.7 Å². The molecule has 0 aliphatic heterocycles. The fraction of sp³-hybridized carbons (Fsp3) is 0.200. The number of benzene rings is 6. The number of hydrogen-bond donors (Lipinski definition) is 0. The molecule has 6 rings (SSSR count). The Morgan fingerprint density at radius 1 is 0.400 bits per heavy atom. The summed E-state index contributed by atoms with van der Waals surface area (Å²) in [5, 5.41) is 5.17. The molecule has 0 saturated heterocycles. The van der Waals surface area contributed by atoms with E-state index in [4.69, 9.17) is 0 Å². The van der Waals surface area contributed by atoms with Crippen molar-refractivity contribution in [3.05, 3.63) is 132 Å². The fourth-order valence-corrected chi connectivity index (χ4v) is 5.90. The summed E-state index contributed by atoms with van der Waals surface area (Å²) in [7, 11) is 0. The van der Waals surface area contributed by atoms with E-state index in [0.717, 1.165) is 12.8 Å². The van der Waals surface area contributed by atoms with Gasteiger partial charge in [0.15, 0.2) is 0 Å². The molecule has 0 spiro atoms. The minimum atomic E-state index is 1.16. The second-order valence-corrected chi connectivity index (χ2v) is 11.1. The average Bonchev–Trinajstić information content (AvgIpc) is 3.02. The smallest absolute Gasteiger partial charge is 0.00268 e. The molecule has 0 amide bonds.